The second-order valence-electron chi connectivity index (χ2n) is 6.24. The molecule has 0 bridgehead atoms. The summed E-state index contributed by atoms with van der Waals surface area (Å²) < 4.78 is 37.7. The number of nitrogens with zero attached hydrogens (tertiary/aromatic N) is 3. The molecule has 1 aliphatic heterocycles. The average molecular weight is 457 g/mol. The molecule has 1 aromatic heterocycles. The zero-order chi connectivity index (χ0) is 20.3. The molecule has 2 heterocycles. The minimum atomic E-state index is -2.70. The van der Waals surface area contributed by atoms with Gasteiger partial charge in [-0.15, -0.1) is 0 Å². The second kappa shape index (κ2) is 8.26. The number of halogens is 3. The van der Waals surface area contributed by atoms with Crippen LogP contribution >= 0.6 is 15.9 Å². The molecule has 150 valence electrons. The van der Waals surface area contributed by atoms with Crippen molar-refractivity contribution < 1.29 is 23.0 Å². The minimum absolute atomic E-state index is 0.0285. The molecule has 1 saturated heterocycles. The minimum Gasteiger partial charge on any atom is -0.495 e. The van der Waals surface area contributed by atoms with Gasteiger partial charge in [-0.2, -0.15) is 4.98 Å². The van der Waals surface area contributed by atoms with E-state index in [1.807, 2.05) is 0 Å². The quantitative estimate of drug-likeness (QED) is 0.735. The van der Waals surface area contributed by atoms with Crippen LogP contribution in [0.1, 0.15) is 23.2 Å². The van der Waals surface area contributed by atoms with Gasteiger partial charge >= 0.3 is 0 Å². The van der Waals surface area contributed by atoms with Crippen molar-refractivity contribution in [2.24, 2.45) is 0 Å². The lowest BCUT2D eigenvalue weighted by molar-refractivity contribution is -0.0494. The van der Waals surface area contributed by atoms with Gasteiger partial charge in [-0.25, -0.2) is 13.8 Å². The van der Waals surface area contributed by atoms with E-state index >= 15 is 0 Å². The molecule has 0 atom stereocenters. The van der Waals surface area contributed by atoms with E-state index in [-0.39, 0.29) is 37.8 Å². The van der Waals surface area contributed by atoms with Gasteiger partial charge in [0.05, 0.1) is 30.6 Å². The molecule has 0 spiro atoms. The standard InChI is InChI=1S/C18H19BrF2N4O3/c1-27-14-9-11(16(26)25-7-5-18(20,21)6-8-25)3-4-13(14)23-17-22-10-12(19)15(24-17)28-2/h3-4,9-10H,5-8H2,1-2H3,(H,22,23,24). The summed E-state index contributed by atoms with van der Waals surface area (Å²) in [4.78, 5) is 22.4. The van der Waals surface area contributed by atoms with Crippen LogP contribution in [0.3, 0.4) is 0 Å². The maximum atomic E-state index is 13.3. The number of hydrogen-bond acceptors (Lipinski definition) is 6. The van der Waals surface area contributed by atoms with Crippen LogP contribution in [-0.2, 0) is 0 Å². The van der Waals surface area contributed by atoms with Crippen molar-refractivity contribution in [3.05, 3.63) is 34.4 Å². The number of piperidine rings is 1. The Balaban J connectivity index is 1.78. The third-order valence-corrected chi connectivity index (χ3v) is 4.93. The van der Waals surface area contributed by atoms with E-state index < -0.39 is 5.92 Å². The van der Waals surface area contributed by atoms with Crippen LogP contribution in [0.5, 0.6) is 11.6 Å². The maximum Gasteiger partial charge on any atom is 0.253 e. The summed E-state index contributed by atoms with van der Waals surface area (Å²) in [5.74, 6) is -1.95. The summed E-state index contributed by atoms with van der Waals surface area (Å²) in [5, 5.41) is 3.01. The maximum absolute atomic E-state index is 13.3. The number of benzene rings is 1. The highest BCUT2D eigenvalue weighted by molar-refractivity contribution is 9.10. The van der Waals surface area contributed by atoms with Gasteiger partial charge in [-0.05, 0) is 34.1 Å². The summed E-state index contributed by atoms with van der Waals surface area (Å²) >= 11 is 3.28. The summed E-state index contributed by atoms with van der Waals surface area (Å²) in [7, 11) is 2.97. The molecule has 0 aliphatic carbocycles. The number of alkyl halides is 2. The molecule has 2 aromatic rings. The number of ether oxygens (including phenoxy) is 2. The lowest BCUT2D eigenvalue weighted by Crippen LogP contribution is -2.42. The van der Waals surface area contributed by atoms with Gasteiger partial charge in [0.15, 0.2) is 0 Å². The highest BCUT2D eigenvalue weighted by Gasteiger charge is 2.35. The first-order valence-corrected chi connectivity index (χ1v) is 9.31. The number of carbonyl (C=O) groups excluding carboxylic acids is 1. The Morgan fingerprint density at radius 1 is 1.25 bits per heavy atom. The molecular weight excluding hydrogens is 438 g/mol. The molecule has 1 fully saturated rings. The van der Waals surface area contributed by atoms with E-state index in [1.165, 1.54) is 19.1 Å². The van der Waals surface area contributed by atoms with Gasteiger partial charge < -0.3 is 19.7 Å². The van der Waals surface area contributed by atoms with Crippen molar-refractivity contribution in [2.75, 3.05) is 32.6 Å². The number of methoxy groups -OCH3 is 2. The molecule has 1 aromatic carbocycles. The summed E-state index contributed by atoms with van der Waals surface area (Å²) in [6, 6.07) is 4.83. The zero-order valence-electron chi connectivity index (χ0n) is 15.3. The topological polar surface area (TPSA) is 76.6 Å². The van der Waals surface area contributed by atoms with Crippen molar-refractivity contribution in [3.63, 3.8) is 0 Å². The number of anilines is 2. The largest absolute Gasteiger partial charge is 0.495 e. The van der Waals surface area contributed by atoms with E-state index in [9.17, 15) is 13.6 Å². The summed E-state index contributed by atoms with van der Waals surface area (Å²) in [6.45, 7) is 0.0569. The molecule has 0 saturated carbocycles. The summed E-state index contributed by atoms with van der Waals surface area (Å²) in [6.07, 6.45) is 0.904. The fourth-order valence-corrected chi connectivity index (χ4v) is 3.18. The third-order valence-electron chi connectivity index (χ3n) is 4.38. The molecule has 1 aliphatic rings. The van der Waals surface area contributed by atoms with Crippen LogP contribution in [0.15, 0.2) is 28.9 Å². The molecule has 1 amide bonds. The average Bonchev–Trinajstić information content (AvgIpc) is 2.69. The molecule has 1 N–H and O–H groups in total. The SMILES string of the molecule is COc1cc(C(=O)N2CCC(F)(F)CC2)ccc1Nc1ncc(Br)c(OC)n1. The van der Waals surface area contributed by atoms with E-state index in [1.54, 1.807) is 24.4 Å². The fraction of sp³-hybridized carbons (Fsp3) is 0.389. The highest BCUT2D eigenvalue weighted by Crippen LogP contribution is 2.32. The normalized spacial score (nSPS) is 15.8. The molecule has 3 rings (SSSR count). The number of likely N-dealkylation sites (tertiary alicyclic amines) is 1. The van der Waals surface area contributed by atoms with E-state index in [2.05, 4.69) is 31.2 Å². The number of aromatic nitrogens is 2. The molecule has 0 radical (unpaired) electrons. The first-order chi connectivity index (χ1) is 13.3. The van der Waals surface area contributed by atoms with Crippen LogP contribution in [0.4, 0.5) is 20.4 Å². The van der Waals surface area contributed by atoms with Gasteiger partial charge in [0.1, 0.15) is 5.75 Å². The van der Waals surface area contributed by atoms with Crippen LogP contribution in [0.25, 0.3) is 0 Å². The monoisotopic (exact) mass is 456 g/mol. The second-order valence-corrected chi connectivity index (χ2v) is 7.09. The van der Waals surface area contributed by atoms with Crippen molar-refractivity contribution in [1.82, 2.24) is 14.9 Å². The Kier molecular flexibility index (Phi) is 5.97. The van der Waals surface area contributed by atoms with Gasteiger partial charge in [0.25, 0.3) is 11.8 Å². The Hall–Kier alpha value is -2.49. The number of hydrogen-bond donors (Lipinski definition) is 1. The fourth-order valence-electron chi connectivity index (χ4n) is 2.82. The number of amides is 1. The van der Waals surface area contributed by atoms with Gasteiger partial charge in [0, 0.05) is 31.5 Å². The first kappa shape index (κ1) is 20.2. The molecular formula is C18H19BrF2N4O3. The molecule has 10 heteroatoms. The Bertz CT molecular complexity index is 872. The van der Waals surface area contributed by atoms with E-state index in [0.29, 0.717) is 27.4 Å². The van der Waals surface area contributed by atoms with Crippen LogP contribution in [0.2, 0.25) is 0 Å². The molecule has 7 nitrogen and oxygen atoms in total. The molecule has 0 unspecified atom stereocenters. The van der Waals surface area contributed by atoms with Crippen LogP contribution in [-0.4, -0.2) is 54.0 Å². The highest BCUT2D eigenvalue weighted by atomic mass is 79.9. The van der Waals surface area contributed by atoms with Crippen molar-refractivity contribution in [3.8, 4) is 11.6 Å². The lowest BCUT2D eigenvalue weighted by atomic mass is 10.1. The molecule has 28 heavy (non-hydrogen) atoms. The van der Waals surface area contributed by atoms with E-state index in [0.717, 1.165) is 0 Å². The van der Waals surface area contributed by atoms with Crippen molar-refractivity contribution in [1.29, 1.82) is 0 Å². The predicted octanol–water partition coefficient (Wildman–Crippen LogP) is 3.87. The number of nitrogens with one attached hydrogen (secondary N) is 1. The lowest BCUT2D eigenvalue weighted by Gasteiger charge is -2.31. The van der Waals surface area contributed by atoms with Gasteiger partial charge in [-0.1, -0.05) is 0 Å². The van der Waals surface area contributed by atoms with Crippen LogP contribution < -0.4 is 14.8 Å². The Morgan fingerprint density at radius 2 is 1.96 bits per heavy atom. The smallest absolute Gasteiger partial charge is 0.253 e. The zero-order valence-corrected chi connectivity index (χ0v) is 16.9. The third kappa shape index (κ3) is 4.49. The van der Waals surface area contributed by atoms with Gasteiger partial charge in [0.2, 0.25) is 11.8 Å². The van der Waals surface area contributed by atoms with Crippen molar-refractivity contribution >= 4 is 33.5 Å². The number of rotatable bonds is 5. The Morgan fingerprint density at radius 3 is 2.61 bits per heavy atom. The van der Waals surface area contributed by atoms with Gasteiger partial charge in [-0.3, -0.25) is 4.79 Å². The number of carbonyl (C=O) groups is 1. The summed E-state index contributed by atoms with van der Waals surface area (Å²) in [5.41, 5.74) is 0.913. The van der Waals surface area contributed by atoms with Crippen molar-refractivity contribution in [2.45, 2.75) is 18.8 Å². The van der Waals surface area contributed by atoms with E-state index in [4.69, 9.17) is 9.47 Å². The van der Waals surface area contributed by atoms with Crippen LogP contribution in [0, 0.1) is 0 Å². The predicted molar refractivity (Wildman–Crippen MR) is 103 cm³/mol. The Labute approximate surface area is 169 Å². The first-order valence-electron chi connectivity index (χ1n) is 8.51.